The fourth-order valence-electron chi connectivity index (χ4n) is 2.39. The Labute approximate surface area is 89.9 Å². The summed E-state index contributed by atoms with van der Waals surface area (Å²) in [5.41, 5.74) is 0. The van der Waals surface area contributed by atoms with Gasteiger partial charge in [-0.05, 0) is 30.8 Å². The molecule has 3 N–H and O–H groups in total. The molecule has 0 bridgehead atoms. The first-order chi connectivity index (χ1) is 7.33. The Hall–Kier alpha value is -0.810. The molecule has 2 aliphatic rings. The van der Waals surface area contributed by atoms with Gasteiger partial charge >= 0.3 is 6.03 Å². The van der Waals surface area contributed by atoms with Gasteiger partial charge in [-0.2, -0.15) is 0 Å². The average molecular weight is 213 g/mol. The third kappa shape index (κ3) is 2.60. The molecule has 2 unspecified atom stereocenters. The molecule has 0 aromatic rings. The highest BCUT2D eigenvalue weighted by molar-refractivity contribution is 5.73. The van der Waals surface area contributed by atoms with Crippen molar-refractivity contribution in [3.8, 4) is 0 Å². The number of carbonyl (C=O) groups is 1. The van der Waals surface area contributed by atoms with Crippen molar-refractivity contribution >= 4 is 6.03 Å². The second kappa shape index (κ2) is 4.81. The molecule has 0 spiro atoms. The van der Waals surface area contributed by atoms with Gasteiger partial charge in [0.25, 0.3) is 0 Å². The summed E-state index contributed by atoms with van der Waals surface area (Å²) in [6.45, 7) is 4.20. The van der Waals surface area contributed by atoms with E-state index in [1.165, 1.54) is 0 Å². The summed E-state index contributed by atoms with van der Waals surface area (Å²) in [6, 6.07) is -0.0787. The van der Waals surface area contributed by atoms with Crippen molar-refractivity contribution in [3.63, 3.8) is 0 Å². The van der Waals surface area contributed by atoms with Gasteiger partial charge in [-0.1, -0.05) is 0 Å². The van der Waals surface area contributed by atoms with Gasteiger partial charge in [0.2, 0.25) is 0 Å². The molecule has 15 heavy (non-hydrogen) atoms. The summed E-state index contributed by atoms with van der Waals surface area (Å²) < 4.78 is 4.84. The fraction of sp³-hybridized carbons (Fsp3) is 0.900. The Morgan fingerprint density at radius 3 is 2.80 bits per heavy atom. The van der Waals surface area contributed by atoms with Crippen LogP contribution in [0.5, 0.6) is 0 Å². The second-order valence-electron chi connectivity index (χ2n) is 4.28. The van der Waals surface area contributed by atoms with E-state index >= 15 is 0 Å². The largest absolute Gasteiger partial charge is 0.383 e. The number of amides is 2. The van der Waals surface area contributed by atoms with Crippen LogP contribution in [0.1, 0.15) is 0 Å². The highest BCUT2D eigenvalue weighted by Crippen LogP contribution is 2.47. The summed E-state index contributed by atoms with van der Waals surface area (Å²) in [5, 5.41) is 8.98. The molecule has 2 amide bonds. The Bertz CT molecular complexity index is 225. The molecule has 1 saturated heterocycles. The van der Waals surface area contributed by atoms with Crippen LogP contribution in [0.3, 0.4) is 0 Å². The predicted octanol–water partition coefficient (Wildman–Crippen LogP) is -0.603. The van der Waals surface area contributed by atoms with Gasteiger partial charge in [0.15, 0.2) is 0 Å². The summed E-state index contributed by atoms with van der Waals surface area (Å²) in [6.07, 6.45) is 0. The Balaban J connectivity index is 1.52. The monoisotopic (exact) mass is 213 g/mol. The Morgan fingerprint density at radius 2 is 2.13 bits per heavy atom. The van der Waals surface area contributed by atoms with Gasteiger partial charge in [0.05, 0.1) is 6.61 Å². The Morgan fingerprint density at radius 1 is 1.40 bits per heavy atom. The molecular formula is C10H19N3O2. The SMILES string of the molecule is COCCNC(=O)NCC1C2CNCC21. The molecule has 2 rings (SSSR count). The zero-order valence-corrected chi connectivity index (χ0v) is 9.08. The summed E-state index contributed by atoms with van der Waals surface area (Å²) in [5.74, 6) is 2.33. The number of hydrogen-bond acceptors (Lipinski definition) is 3. The molecule has 2 atom stereocenters. The maximum absolute atomic E-state index is 11.3. The van der Waals surface area contributed by atoms with Gasteiger partial charge in [0.1, 0.15) is 0 Å². The molecule has 86 valence electrons. The molecule has 0 aromatic carbocycles. The molecule has 5 nitrogen and oxygen atoms in total. The van der Waals surface area contributed by atoms with Crippen molar-refractivity contribution in [1.82, 2.24) is 16.0 Å². The van der Waals surface area contributed by atoms with E-state index in [1.54, 1.807) is 7.11 Å². The van der Waals surface area contributed by atoms with Crippen molar-refractivity contribution in [2.75, 3.05) is 39.9 Å². The van der Waals surface area contributed by atoms with E-state index in [1.807, 2.05) is 0 Å². The first kappa shape index (κ1) is 10.7. The minimum Gasteiger partial charge on any atom is -0.383 e. The maximum Gasteiger partial charge on any atom is 0.314 e. The Kier molecular flexibility index (Phi) is 3.43. The molecule has 1 saturated carbocycles. The number of rotatable bonds is 5. The van der Waals surface area contributed by atoms with Crippen LogP contribution in [0, 0.1) is 17.8 Å². The third-order valence-corrected chi connectivity index (χ3v) is 3.36. The summed E-state index contributed by atoms with van der Waals surface area (Å²) >= 11 is 0. The topological polar surface area (TPSA) is 62.4 Å². The zero-order valence-electron chi connectivity index (χ0n) is 9.08. The van der Waals surface area contributed by atoms with Gasteiger partial charge in [0, 0.05) is 20.2 Å². The highest BCUT2D eigenvalue weighted by Gasteiger charge is 2.52. The van der Waals surface area contributed by atoms with E-state index in [2.05, 4.69) is 16.0 Å². The molecule has 1 aliphatic heterocycles. The van der Waals surface area contributed by atoms with Crippen LogP contribution in [0.25, 0.3) is 0 Å². The van der Waals surface area contributed by atoms with Crippen molar-refractivity contribution in [1.29, 1.82) is 0 Å². The quantitative estimate of drug-likeness (QED) is 0.534. The van der Waals surface area contributed by atoms with Crippen LogP contribution < -0.4 is 16.0 Å². The van der Waals surface area contributed by atoms with Gasteiger partial charge in [-0.15, -0.1) is 0 Å². The van der Waals surface area contributed by atoms with E-state index in [4.69, 9.17) is 4.74 Å². The zero-order chi connectivity index (χ0) is 10.7. The number of nitrogens with one attached hydrogen (secondary N) is 3. The number of piperidine rings is 1. The summed E-state index contributed by atoms with van der Waals surface area (Å²) in [4.78, 5) is 11.3. The standard InChI is InChI=1S/C10H19N3O2/c1-15-3-2-12-10(14)13-6-9-7-4-11-5-8(7)9/h7-9,11H,2-6H2,1H3,(H2,12,13,14). The maximum atomic E-state index is 11.3. The van der Waals surface area contributed by atoms with E-state index < -0.39 is 0 Å². The molecule has 2 fully saturated rings. The van der Waals surface area contributed by atoms with Gasteiger partial charge < -0.3 is 20.7 Å². The molecule has 0 radical (unpaired) electrons. The molecule has 5 heteroatoms. The van der Waals surface area contributed by atoms with Crippen molar-refractivity contribution in [3.05, 3.63) is 0 Å². The number of carbonyl (C=O) groups excluding carboxylic acids is 1. The lowest BCUT2D eigenvalue weighted by molar-refractivity contribution is 0.195. The normalized spacial score (nSPS) is 32.2. The van der Waals surface area contributed by atoms with Crippen molar-refractivity contribution < 1.29 is 9.53 Å². The average Bonchev–Trinajstić information content (AvgIpc) is 2.68. The molecule has 1 aliphatic carbocycles. The number of methoxy groups -OCH3 is 1. The lowest BCUT2D eigenvalue weighted by Gasteiger charge is -2.08. The van der Waals surface area contributed by atoms with Crippen LogP contribution >= 0.6 is 0 Å². The van der Waals surface area contributed by atoms with Crippen LogP contribution in [-0.2, 0) is 4.74 Å². The number of hydrogen-bond donors (Lipinski definition) is 3. The lowest BCUT2D eigenvalue weighted by Crippen LogP contribution is -2.39. The van der Waals surface area contributed by atoms with Crippen molar-refractivity contribution in [2.24, 2.45) is 17.8 Å². The fourth-order valence-corrected chi connectivity index (χ4v) is 2.39. The van der Waals surface area contributed by atoms with E-state index in [0.29, 0.717) is 19.1 Å². The van der Waals surface area contributed by atoms with Gasteiger partial charge in [-0.3, -0.25) is 0 Å². The molecule has 1 heterocycles. The first-order valence-electron chi connectivity index (χ1n) is 5.54. The molecular weight excluding hydrogens is 194 g/mol. The first-order valence-corrected chi connectivity index (χ1v) is 5.54. The highest BCUT2D eigenvalue weighted by atomic mass is 16.5. The smallest absolute Gasteiger partial charge is 0.314 e. The minimum atomic E-state index is -0.0787. The van der Waals surface area contributed by atoms with Gasteiger partial charge in [-0.25, -0.2) is 4.79 Å². The van der Waals surface area contributed by atoms with Crippen molar-refractivity contribution in [2.45, 2.75) is 0 Å². The van der Waals surface area contributed by atoms with Crippen LogP contribution in [-0.4, -0.2) is 45.9 Å². The number of urea groups is 1. The summed E-state index contributed by atoms with van der Waals surface area (Å²) in [7, 11) is 1.62. The van der Waals surface area contributed by atoms with Crippen LogP contribution in [0.2, 0.25) is 0 Å². The third-order valence-electron chi connectivity index (χ3n) is 3.36. The number of ether oxygens (including phenoxy) is 1. The van der Waals surface area contributed by atoms with Crippen LogP contribution in [0.15, 0.2) is 0 Å². The predicted molar refractivity (Wildman–Crippen MR) is 56.6 cm³/mol. The van der Waals surface area contributed by atoms with E-state index in [-0.39, 0.29) is 6.03 Å². The lowest BCUT2D eigenvalue weighted by atomic mass is 10.3. The van der Waals surface area contributed by atoms with E-state index in [9.17, 15) is 4.79 Å². The second-order valence-corrected chi connectivity index (χ2v) is 4.28. The number of fused-ring (bicyclic) bond motifs is 1. The van der Waals surface area contributed by atoms with Crippen LogP contribution in [0.4, 0.5) is 4.79 Å². The molecule has 0 aromatic heterocycles. The van der Waals surface area contributed by atoms with E-state index in [0.717, 1.165) is 31.5 Å². The minimum absolute atomic E-state index is 0.0787.